The van der Waals surface area contributed by atoms with E-state index in [4.69, 9.17) is 14.3 Å². The Balaban J connectivity index is 2.23. The summed E-state index contributed by atoms with van der Waals surface area (Å²) >= 11 is 0. The highest BCUT2D eigenvalue weighted by Crippen LogP contribution is 2.21. The van der Waals surface area contributed by atoms with Crippen molar-refractivity contribution in [3.8, 4) is 0 Å². The van der Waals surface area contributed by atoms with Crippen molar-refractivity contribution in [1.29, 1.82) is 0 Å². The number of esters is 1. The second kappa shape index (κ2) is 9.10. The van der Waals surface area contributed by atoms with E-state index in [1.807, 2.05) is 20.8 Å². The maximum atomic E-state index is 11.9. The van der Waals surface area contributed by atoms with Gasteiger partial charge in [0.2, 0.25) is 0 Å². The van der Waals surface area contributed by atoms with Gasteiger partial charge in [-0.3, -0.25) is 4.79 Å². The molecule has 0 aromatic rings. The molecule has 0 saturated carbocycles. The van der Waals surface area contributed by atoms with Crippen molar-refractivity contribution in [3.05, 3.63) is 0 Å². The molecule has 0 radical (unpaired) electrons. The van der Waals surface area contributed by atoms with Crippen molar-refractivity contribution < 1.29 is 23.9 Å². The highest BCUT2D eigenvalue weighted by molar-refractivity contribution is 5.75. The number of hydroxylamine groups is 2. The molecule has 1 saturated heterocycles. The van der Waals surface area contributed by atoms with E-state index in [1.165, 1.54) is 0 Å². The van der Waals surface area contributed by atoms with Crippen LogP contribution in [0.15, 0.2) is 0 Å². The Morgan fingerprint density at radius 3 is 2.64 bits per heavy atom. The molecule has 0 spiro atoms. The van der Waals surface area contributed by atoms with Crippen molar-refractivity contribution in [1.82, 2.24) is 5.06 Å². The summed E-state index contributed by atoms with van der Waals surface area (Å²) in [4.78, 5) is 28.5. The average Bonchev–Trinajstić information content (AvgIpc) is 2.43. The molecule has 6 nitrogen and oxygen atoms in total. The fraction of sp³-hybridized carbons (Fsp3) is 0.875. The number of nitrogens with zero attached hydrogens (tertiary/aromatic N) is 1. The molecule has 0 N–H and O–H groups in total. The van der Waals surface area contributed by atoms with Crippen LogP contribution in [0.3, 0.4) is 0 Å². The van der Waals surface area contributed by atoms with Crippen LogP contribution in [0, 0.1) is 11.3 Å². The highest BCUT2D eigenvalue weighted by atomic mass is 16.7. The zero-order valence-corrected chi connectivity index (χ0v) is 14.2. The van der Waals surface area contributed by atoms with E-state index < -0.39 is 5.41 Å². The van der Waals surface area contributed by atoms with Crippen LogP contribution in [-0.2, 0) is 23.9 Å². The fourth-order valence-corrected chi connectivity index (χ4v) is 2.14. The quantitative estimate of drug-likeness (QED) is 0.530. The molecule has 1 aliphatic heterocycles. The van der Waals surface area contributed by atoms with E-state index in [-0.39, 0.29) is 18.4 Å². The number of piperidine rings is 1. The van der Waals surface area contributed by atoms with Crippen LogP contribution in [-0.4, -0.2) is 49.9 Å². The third-order valence-corrected chi connectivity index (χ3v) is 3.42. The summed E-state index contributed by atoms with van der Waals surface area (Å²) in [6, 6.07) is 0. The molecule has 6 heteroatoms. The summed E-state index contributed by atoms with van der Waals surface area (Å²) in [6.07, 6.45) is 2.30. The first-order chi connectivity index (χ1) is 10.3. The largest absolute Gasteiger partial charge is 0.466 e. The maximum Gasteiger partial charge on any atom is 0.330 e. The van der Waals surface area contributed by atoms with E-state index in [0.717, 1.165) is 19.4 Å². The summed E-state index contributed by atoms with van der Waals surface area (Å²) in [6.45, 7) is 10.1. The van der Waals surface area contributed by atoms with Crippen LogP contribution < -0.4 is 0 Å². The van der Waals surface area contributed by atoms with Crippen LogP contribution in [0.1, 0.15) is 47.0 Å². The molecule has 0 aromatic heterocycles. The van der Waals surface area contributed by atoms with Crippen LogP contribution in [0.2, 0.25) is 0 Å². The van der Waals surface area contributed by atoms with E-state index in [2.05, 4.69) is 0 Å². The van der Waals surface area contributed by atoms with Gasteiger partial charge < -0.3 is 14.3 Å². The number of ether oxygens (including phenoxy) is 2. The van der Waals surface area contributed by atoms with E-state index in [1.54, 1.807) is 12.0 Å². The molecule has 1 rings (SSSR count). The van der Waals surface area contributed by atoms with Crippen molar-refractivity contribution in [2.45, 2.75) is 47.0 Å². The van der Waals surface area contributed by atoms with Crippen LogP contribution in [0.4, 0.5) is 0 Å². The molecule has 0 aromatic carbocycles. The predicted octanol–water partition coefficient (Wildman–Crippen LogP) is 2.17. The normalized spacial score (nSPS) is 19.7. The van der Waals surface area contributed by atoms with Crippen molar-refractivity contribution in [2.75, 3.05) is 32.9 Å². The molecule has 0 aliphatic carbocycles. The first kappa shape index (κ1) is 18.9. The Bertz CT molecular complexity index is 364. The van der Waals surface area contributed by atoms with Gasteiger partial charge in [-0.25, -0.2) is 4.79 Å². The highest BCUT2D eigenvalue weighted by Gasteiger charge is 2.28. The van der Waals surface area contributed by atoms with E-state index >= 15 is 0 Å². The lowest BCUT2D eigenvalue weighted by molar-refractivity contribution is -0.209. The smallest absolute Gasteiger partial charge is 0.330 e. The van der Waals surface area contributed by atoms with Gasteiger partial charge in [-0.15, -0.1) is 5.06 Å². The lowest BCUT2D eigenvalue weighted by atomic mass is 9.97. The fourth-order valence-electron chi connectivity index (χ4n) is 2.14. The Kier molecular flexibility index (Phi) is 7.82. The maximum absolute atomic E-state index is 11.9. The SMILES string of the molecule is CCOC(=O)CCOCC1CCCN(OC(=O)C(C)(C)C)C1. The minimum absolute atomic E-state index is 0.212. The third-order valence-electron chi connectivity index (χ3n) is 3.42. The van der Waals surface area contributed by atoms with Gasteiger partial charge in [-0.1, -0.05) is 0 Å². The zero-order valence-electron chi connectivity index (χ0n) is 14.2. The number of carbonyl (C=O) groups excluding carboxylic acids is 2. The molecule has 1 unspecified atom stereocenters. The molecule has 1 heterocycles. The summed E-state index contributed by atoms with van der Waals surface area (Å²) in [5.74, 6) is -0.119. The Labute approximate surface area is 133 Å². The van der Waals surface area contributed by atoms with Gasteiger partial charge in [0, 0.05) is 13.1 Å². The topological polar surface area (TPSA) is 65.1 Å². The van der Waals surface area contributed by atoms with Gasteiger partial charge in [0.1, 0.15) is 0 Å². The van der Waals surface area contributed by atoms with Gasteiger partial charge in [0.05, 0.1) is 31.7 Å². The molecule has 1 aliphatic rings. The Hall–Kier alpha value is -1.14. The number of hydrogen-bond donors (Lipinski definition) is 0. The standard InChI is InChI=1S/C16H29NO5/c1-5-21-14(18)8-10-20-12-13-7-6-9-17(11-13)22-15(19)16(2,3)4/h13H,5-12H2,1-4H3. The first-order valence-electron chi connectivity index (χ1n) is 8.03. The Morgan fingerprint density at radius 2 is 2.00 bits per heavy atom. The molecule has 128 valence electrons. The monoisotopic (exact) mass is 315 g/mol. The lowest BCUT2D eigenvalue weighted by Gasteiger charge is -2.32. The molecule has 1 fully saturated rings. The van der Waals surface area contributed by atoms with Crippen LogP contribution in [0.25, 0.3) is 0 Å². The summed E-state index contributed by atoms with van der Waals surface area (Å²) in [7, 11) is 0. The van der Waals surface area contributed by atoms with Gasteiger partial charge in [-0.2, -0.15) is 0 Å². The number of hydrogen-bond acceptors (Lipinski definition) is 6. The first-order valence-corrected chi connectivity index (χ1v) is 8.03. The lowest BCUT2D eigenvalue weighted by Crippen LogP contribution is -2.41. The molecule has 1 atom stereocenters. The van der Waals surface area contributed by atoms with Gasteiger partial charge in [-0.05, 0) is 46.5 Å². The van der Waals surface area contributed by atoms with Crippen molar-refractivity contribution >= 4 is 11.9 Å². The molecular weight excluding hydrogens is 286 g/mol. The molecule has 0 bridgehead atoms. The second-order valence-electron chi connectivity index (χ2n) is 6.65. The van der Waals surface area contributed by atoms with Crippen molar-refractivity contribution in [2.24, 2.45) is 11.3 Å². The minimum Gasteiger partial charge on any atom is -0.466 e. The minimum atomic E-state index is -0.497. The number of rotatable bonds is 7. The van der Waals surface area contributed by atoms with Gasteiger partial charge in [0.25, 0.3) is 0 Å². The molecule has 0 amide bonds. The van der Waals surface area contributed by atoms with Crippen LogP contribution in [0.5, 0.6) is 0 Å². The Morgan fingerprint density at radius 1 is 1.27 bits per heavy atom. The zero-order chi connectivity index (χ0) is 16.6. The summed E-state index contributed by atoms with van der Waals surface area (Å²) in [5.41, 5.74) is -0.497. The van der Waals surface area contributed by atoms with Crippen LogP contribution >= 0.6 is 0 Å². The van der Waals surface area contributed by atoms with Gasteiger partial charge >= 0.3 is 11.9 Å². The average molecular weight is 315 g/mol. The predicted molar refractivity (Wildman–Crippen MR) is 81.9 cm³/mol. The van der Waals surface area contributed by atoms with Gasteiger partial charge in [0.15, 0.2) is 0 Å². The van der Waals surface area contributed by atoms with Crippen molar-refractivity contribution in [3.63, 3.8) is 0 Å². The third kappa shape index (κ3) is 7.22. The molecular formula is C16H29NO5. The van der Waals surface area contributed by atoms with E-state index in [0.29, 0.717) is 32.3 Å². The summed E-state index contributed by atoms with van der Waals surface area (Å²) < 4.78 is 10.4. The molecule has 22 heavy (non-hydrogen) atoms. The number of carbonyl (C=O) groups is 2. The van der Waals surface area contributed by atoms with E-state index in [9.17, 15) is 9.59 Å². The second-order valence-corrected chi connectivity index (χ2v) is 6.65. The summed E-state index contributed by atoms with van der Waals surface area (Å²) in [5, 5.41) is 1.73.